The highest BCUT2D eigenvalue weighted by molar-refractivity contribution is 7.14. The van der Waals surface area contributed by atoms with Gasteiger partial charge in [-0.25, -0.2) is 4.98 Å². The highest BCUT2D eigenvalue weighted by Crippen LogP contribution is 2.42. The van der Waals surface area contributed by atoms with Crippen molar-refractivity contribution in [2.75, 3.05) is 39.9 Å². The SMILES string of the molecule is CCCCOc1ccc(C2C(C(=O)c3sc(C)nc3C)=C(O)C(=O)N2CCN(CC)CC)cc1OC. The summed E-state index contributed by atoms with van der Waals surface area (Å²) < 4.78 is 11.5. The zero-order chi connectivity index (χ0) is 26.4. The molecule has 9 heteroatoms. The number of benzene rings is 1. The molecule has 1 aliphatic heterocycles. The summed E-state index contributed by atoms with van der Waals surface area (Å²) in [4.78, 5) is 35.6. The van der Waals surface area contributed by atoms with Crippen LogP contribution in [0.1, 0.15) is 65.6 Å². The molecule has 1 amide bonds. The average Bonchev–Trinajstić information content (AvgIpc) is 3.34. The normalized spacial score (nSPS) is 15.8. The van der Waals surface area contributed by atoms with Crippen LogP contribution in [0.4, 0.5) is 0 Å². The zero-order valence-electron chi connectivity index (χ0n) is 22.1. The molecule has 8 nitrogen and oxygen atoms in total. The summed E-state index contributed by atoms with van der Waals surface area (Å²) in [6, 6.07) is 4.68. The molecule has 2 aromatic rings. The van der Waals surface area contributed by atoms with Gasteiger partial charge in [-0.15, -0.1) is 11.3 Å². The zero-order valence-corrected chi connectivity index (χ0v) is 22.9. The molecular weight excluding hydrogens is 478 g/mol. The molecule has 0 aliphatic carbocycles. The van der Waals surface area contributed by atoms with Gasteiger partial charge in [0.1, 0.15) is 0 Å². The fourth-order valence-electron chi connectivity index (χ4n) is 4.42. The summed E-state index contributed by atoms with van der Waals surface area (Å²) in [5.74, 6) is -0.304. The Morgan fingerprint density at radius 1 is 1.19 bits per heavy atom. The Bertz CT molecular complexity index is 1120. The highest BCUT2D eigenvalue weighted by atomic mass is 32.1. The van der Waals surface area contributed by atoms with Crippen LogP contribution in [0.3, 0.4) is 0 Å². The molecule has 1 N–H and O–H groups in total. The predicted octanol–water partition coefficient (Wildman–Crippen LogP) is 4.87. The Kier molecular flexibility index (Phi) is 9.50. The number of nitrogens with zero attached hydrogens (tertiary/aromatic N) is 3. The van der Waals surface area contributed by atoms with Gasteiger partial charge in [-0.3, -0.25) is 9.59 Å². The van der Waals surface area contributed by atoms with Gasteiger partial charge in [0.15, 0.2) is 17.3 Å². The number of rotatable bonds is 13. The number of likely N-dealkylation sites (N-methyl/N-ethyl adjacent to an activating group) is 1. The van der Waals surface area contributed by atoms with Crippen molar-refractivity contribution in [2.24, 2.45) is 0 Å². The number of hydrogen-bond acceptors (Lipinski definition) is 8. The van der Waals surface area contributed by atoms with E-state index in [-0.39, 0.29) is 11.4 Å². The van der Waals surface area contributed by atoms with Crippen LogP contribution in [0.15, 0.2) is 29.5 Å². The van der Waals surface area contributed by atoms with Crippen molar-refractivity contribution in [2.45, 2.75) is 53.5 Å². The molecule has 0 saturated carbocycles. The number of thiazole rings is 1. The number of aryl methyl sites for hydroxylation is 2. The molecule has 36 heavy (non-hydrogen) atoms. The van der Waals surface area contributed by atoms with E-state index in [1.54, 1.807) is 31.1 Å². The average molecular weight is 516 g/mol. The van der Waals surface area contributed by atoms with Gasteiger partial charge in [0.05, 0.1) is 40.9 Å². The lowest BCUT2D eigenvalue weighted by atomic mass is 9.94. The maximum Gasteiger partial charge on any atom is 0.290 e. The number of methoxy groups -OCH3 is 1. The second-order valence-electron chi connectivity index (χ2n) is 8.78. The standard InChI is InChI=1S/C27H37N3O5S/c1-7-10-15-35-20-12-11-19(16-21(20)34-6)23-22(24(31)26-17(4)28-18(5)36-26)25(32)27(33)30(23)14-13-29(8-2)9-3/h11-12,16,23,32H,7-10,13-15H2,1-6H3. The van der Waals surface area contributed by atoms with Crippen LogP contribution in [-0.4, -0.2) is 71.5 Å². The molecule has 0 spiro atoms. The third-order valence-corrected chi connectivity index (χ3v) is 7.54. The van der Waals surface area contributed by atoms with Crippen molar-refractivity contribution in [3.63, 3.8) is 0 Å². The first kappa shape index (κ1) is 27.7. The van der Waals surface area contributed by atoms with Crippen molar-refractivity contribution < 1.29 is 24.2 Å². The summed E-state index contributed by atoms with van der Waals surface area (Å²) in [5, 5.41) is 11.7. The topological polar surface area (TPSA) is 92.2 Å². The van der Waals surface area contributed by atoms with E-state index in [1.165, 1.54) is 11.3 Å². The minimum absolute atomic E-state index is 0.0769. The van der Waals surface area contributed by atoms with Gasteiger partial charge < -0.3 is 24.4 Å². The number of ketones is 1. The van der Waals surface area contributed by atoms with Crippen LogP contribution in [0.25, 0.3) is 0 Å². The lowest BCUT2D eigenvalue weighted by Gasteiger charge is -2.29. The summed E-state index contributed by atoms with van der Waals surface area (Å²) >= 11 is 1.27. The molecule has 0 saturated heterocycles. The van der Waals surface area contributed by atoms with E-state index in [9.17, 15) is 14.7 Å². The summed E-state index contributed by atoms with van der Waals surface area (Å²) in [7, 11) is 1.56. The number of carbonyl (C=O) groups excluding carboxylic acids is 2. The summed E-state index contributed by atoms with van der Waals surface area (Å²) in [6.45, 7) is 13.1. The van der Waals surface area contributed by atoms with Crippen molar-refractivity contribution >= 4 is 23.0 Å². The number of ether oxygens (including phenoxy) is 2. The van der Waals surface area contributed by atoms with Crippen LogP contribution in [0, 0.1) is 13.8 Å². The maximum absolute atomic E-state index is 13.7. The number of hydrogen-bond donors (Lipinski definition) is 1. The third kappa shape index (κ3) is 5.73. The van der Waals surface area contributed by atoms with Crippen molar-refractivity contribution in [1.82, 2.24) is 14.8 Å². The van der Waals surface area contributed by atoms with Gasteiger partial charge in [-0.2, -0.15) is 0 Å². The lowest BCUT2D eigenvalue weighted by molar-refractivity contribution is -0.129. The Labute approximate surface area is 217 Å². The number of aliphatic hydroxyl groups excluding tert-OH is 1. The van der Waals surface area contributed by atoms with Gasteiger partial charge in [-0.05, 0) is 51.1 Å². The molecule has 0 bridgehead atoms. The van der Waals surface area contributed by atoms with Crippen molar-refractivity contribution in [1.29, 1.82) is 0 Å². The van der Waals surface area contributed by atoms with Gasteiger partial charge in [-0.1, -0.05) is 33.3 Å². The second-order valence-corrected chi connectivity index (χ2v) is 9.98. The number of Topliss-reactive ketones (excluding diaryl/α,β-unsaturated/α-hetero) is 1. The largest absolute Gasteiger partial charge is 0.503 e. The Morgan fingerprint density at radius 3 is 2.50 bits per heavy atom. The molecule has 0 radical (unpaired) electrons. The first-order valence-electron chi connectivity index (χ1n) is 12.5. The molecule has 1 aromatic carbocycles. The number of carbonyl (C=O) groups is 2. The molecule has 1 atom stereocenters. The first-order chi connectivity index (χ1) is 17.3. The Balaban J connectivity index is 2.06. The van der Waals surface area contributed by atoms with E-state index in [2.05, 4.69) is 30.7 Å². The second kappa shape index (κ2) is 12.4. The van der Waals surface area contributed by atoms with Crippen molar-refractivity contribution in [3.05, 3.63) is 50.7 Å². The minimum atomic E-state index is -0.749. The molecule has 0 fully saturated rings. The highest BCUT2D eigenvalue weighted by Gasteiger charge is 2.44. The Hall–Kier alpha value is -2.91. The van der Waals surface area contributed by atoms with E-state index in [1.807, 2.05) is 13.0 Å². The van der Waals surface area contributed by atoms with Crippen LogP contribution in [-0.2, 0) is 4.79 Å². The summed E-state index contributed by atoms with van der Waals surface area (Å²) in [5.41, 5.74) is 1.34. The Morgan fingerprint density at radius 2 is 1.92 bits per heavy atom. The van der Waals surface area contributed by atoms with E-state index >= 15 is 0 Å². The number of unbranched alkanes of at least 4 members (excludes halogenated alkanes) is 1. The molecule has 1 unspecified atom stereocenters. The molecule has 3 rings (SSSR count). The molecular formula is C27H37N3O5S. The van der Waals surface area contributed by atoms with Crippen LogP contribution >= 0.6 is 11.3 Å². The summed E-state index contributed by atoms with van der Waals surface area (Å²) in [6.07, 6.45) is 1.93. The van der Waals surface area contributed by atoms with E-state index in [4.69, 9.17) is 9.47 Å². The maximum atomic E-state index is 13.7. The quantitative estimate of drug-likeness (QED) is 0.301. The van der Waals surface area contributed by atoms with Gasteiger partial charge in [0.25, 0.3) is 5.91 Å². The monoisotopic (exact) mass is 515 g/mol. The van der Waals surface area contributed by atoms with Crippen LogP contribution < -0.4 is 9.47 Å². The van der Waals surface area contributed by atoms with E-state index < -0.39 is 17.7 Å². The fraction of sp³-hybridized carbons (Fsp3) is 0.519. The fourth-order valence-corrected chi connectivity index (χ4v) is 5.29. The van der Waals surface area contributed by atoms with Crippen molar-refractivity contribution in [3.8, 4) is 11.5 Å². The lowest BCUT2D eigenvalue weighted by Crippen LogP contribution is -2.38. The van der Waals surface area contributed by atoms with Gasteiger partial charge in [0, 0.05) is 13.1 Å². The van der Waals surface area contributed by atoms with Crippen LogP contribution in [0.5, 0.6) is 11.5 Å². The smallest absolute Gasteiger partial charge is 0.290 e. The number of aliphatic hydroxyl groups is 1. The van der Waals surface area contributed by atoms with Crippen LogP contribution in [0.2, 0.25) is 0 Å². The third-order valence-electron chi connectivity index (χ3n) is 6.47. The van der Waals surface area contributed by atoms with E-state index in [0.717, 1.165) is 30.9 Å². The number of amides is 1. The van der Waals surface area contributed by atoms with Gasteiger partial charge in [0.2, 0.25) is 5.78 Å². The van der Waals surface area contributed by atoms with E-state index in [0.29, 0.717) is 47.3 Å². The molecule has 1 aromatic heterocycles. The number of aromatic nitrogens is 1. The molecule has 1 aliphatic rings. The molecule has 2 heterocycles. The van der Waals surface area contributed by atoms with Gasteiger partial charge >= 0.3 is 0 Å². The molecule has 196 valence electrons. The minimum Gasteiger partial charge on any atom is -0.503 e. The first-order valence-corrected chi connectivity index (χ1v) is 13.3. The predicted molar refractivity (Wildman–Crippen MR) is 141 cm³/mol.